The SMILES string of the molecule is CN(C)Cc1nnc(C2CCN(C(=O)Cc3ccccn3)CC2)n1C1CC1. The van der Waals surface area contributed by atoms with Crippen LogP contribution < -0.4 is 0 Å². The van der Waals surface area contributed by atoms with Crippen molar-refractivity contribution in [2.75, 3.05) is 27.2 Å². The Kier molecular flexibility index (Phi) is 5.20. The Labute approximate surface area is 160 Å². The second-order valence-electron chi connectivity index (χ2n) is 7.97. The molecule has 144 valence electrons. The molecule has 0 spiro atoms. The summed E-state index contributed by atoms with van der Waals surface area (Å²) in [6.45, 7) is 2.40. The van der Waals surface area contributed by atoms with E-state index in [0.717, 1.165) is 49.8 Å². The molecule has 2 aliphatic rings. The molecule has 4 rings (SSSR count). The lowest BCUT2D eigenvalue weighted by atomic mass is 9.95. The van der Waals surface area contributed by atoms with Gasteiger partial charge in [-0.3, -0.25) is 9.78 Å². The summed E-state index contributed by atoms with van der Waals surface area (Å²) in [4.78, 5) is 21.0. The minimum absolute atomic E-state index is 0.170. The molecule has 1 aliphatic heterocycles. The molecule has 2 aromatic heterocycles. The molecule has 2 fully saturated rings. The van der Waals surface area contributed by atoms with Gasteiger partial charge in [-0.1, -0.05) is 6.07 Å². The molecule has 2 aromatic rings. The number of pyridine rings is 1. The van der Waals surface area contributed by atoms with Crippen LogP contribution in [0.3, 0.4) is 0 Å². The second-order valence-corrected chi connectivity index (χ2v) is 7.97. The van der Waals surface area contributed by atoms with Gasteiger partial charge in [0.05, 0.1) is 13.0 Å². The van der Waals surface area contributed by atoms with Gasteiger partial charge in [0.25, 0.3) is 0 Å². The largest absolute Gasteiger partial charge is 0.342 e. The molecule has 1 amide bonds. The topological polar surface area (TPSA) is 67.2 Å². The fourth-order valence-electron chi connectivity index (χ4n) is 3.89. The molecule has 0 aromatic carbocycles. The lowest BCUT2D eigenvalue weighted by Crippen LogP contribution is -2.39. The van der Waals surface area contributed by atoms with Crippen molar-refractivity contribution in [2.45, 2.75) is 50.6 Å². The molecule has 27 heavy (non-hydrogen) atoms. The lowest BCUT2D eigenvalue weighted by molar-refractivity contribution is -0.131. The molecule has 0 unspecified atom stereocenters. The van der Waals surface area contributed by atoms with Crippen LogP contribution in [-0.4, -0.2) is 62.6 Å². The summed E-state index contributed by atoms with van der Waals surface area (Å²) in [6, 6.07) is 6.29. The van der Waals surface area contributed by atoms with E-state index in [1.54, 1.807) is 6.20 Å². The van der Waals surface area contributed by atoms with Gasteiger partial charge >= 0.3 is 0 Å². The first kappa shape index (κ1) is 18.1. The van der Waals surface area contributed by atoms with Crippen molar-refractivity contribution in [3.05, 3.63) is 41.7 Å². The Morgan fingerprint density at radius 1 is 1.15 bits per heavy atom. The molecule has 0 radical (unpaired) electrons. The summed E-state index contributed by atoms with van der Waals surface area (Å²) >= 11 is 0. The van der Waals surface area contributed by atoms with Crippen LogP contribution in [0.4, 0.5) is 0 Å². The minimum Gasteiger partial charge on any atom is -0.342 e. The average molecular weight is 368 g/mol. The number of likely N-dealkylation sites (tertiary alicyclic amines) is 1. The van der Waals surface area contributed by atoms with Crippen LogP contribution in [0.1, 0.15) is 55.0 Å². The Bertz CT molecular complexity index is 775. The highest BCUT2D eigenvalue weighted by Crippen LogP contribution is 2.40. The highest BCUT2D eigenvalue weighted by atomic mass is 16.2. The number of carbonyl (C=O) groups is 1. The Morgan fingerprint density at radius 3 is 2.56 bits per heavy atom. The van der Waals surface area contributed by atoms with Crippen LogP contribution >= 0.6 is 0 Å². The molecular weight excluding hydrogens is 340 g/mol. The summed E-state index contributed by atoms with van der Waals surface area (Å²) in [5.74, 6) is 2.77. The number of piperidine rings is 1. The predicted octanol–water partition coefficient (Wildman–Crippen LogP) is 2.02. The van der Waals surface area contributed by atoms with Crippen molar-refractivity contribution in [3.63, 3.8) is 0 Å². The highest BCUT2D eigenvalue weighted by Gasteiger charge is 2.34. The van der Waals surface area contributed by atoms with Crippen molar-refractivity contribution in [1.29, 1.82) is 0 Å². The van der Waals surface area contributed by atoms with Crippen LogP contribution in [-0.2, 0) is 17.8 Å². The zero-order chi connectivity index (χ0) is 18.8. The smallest absolute Gasteiger partial charge is 0.228 e. The van der Waals surface area contributed by atoms with Crippen molar-refractivity contribution in [3.8, 4) is 0 Å². The van der Waals surface area contributed by atoms with Crippen LogP contribution in [0.15, 0.2) is 24.4 Å². The molecule has 0 N–H and O–H groups in total. The maximum absolute atomic E-state index is 12.6. The Hall–Kier alpha value is -2.28. The Morgan fingerprint density at radius 2 is 1.93 bits per heavy atom. The van der Waals surface area contributed by atoms with Gasteiger partial charge in [0, 0.05) is 36.9 Å². The number of rotatable bonds is 6. The van der Waals surface area contributed by atoms with Crippen LogP contribution in [0.2, 0.25) is 0 Å². The van der Waals surface area contributed by atoms with Crippen molar-refractivity contribution in [1.82, 2.24) is 29.5 Å². The van der Waals surface area contributed by atoms with E-state index in [4.69, 9.17) is 0 Å². The molecule has 1 aliphatic carbocycles. The molecular formula is C20H28N6O. The Balaban J connectivity index is 1.39. The van der Waals surface area contributed by atoms with E-state index >= 15 is 0 Å². The first-order valence-electron chi connectivity index (χ1n) is 9.88. The summed E-state index contributed by atoms with van der Waals surface area (Å²) in [7, 11) is 4.13. The fraction of sp³-hybridized carbons (Fsp3) is 0.600. The third-order valence-corrected chi connectivity index (χ3v) is 5.43. The predicted molar refractivity (Wildman–Crippen MR) is 102 cm³/mol. The zero-order valence-electron chi connectivity index (χ0n) is 16.2. The van der Waals surface area contributed by atoms with Crippen molar-refractivity contribution < 1.29 is 4.79 Å². The van der Waals surface area contributed by atoms with Crippen molar-refractivity contribution in [2.24, 2.45) is 0 Å². The molecule has 1 saturated carbocycles. The third kappa shape index (κ3) is 4.18. The summed E-state index contributed by atoms with van der Waals surface area (Å²) in [5, 5.41) is 9.05. The van der Waals surface area contributed by atoms with Gasteiger partial charge in [0.2, 0.25) is 5.91 Å². The molecule has 3 heterocycles. The summed E-state index contributed by atoms with van der Waals surface area (Å²) in [6.07, 6.45) is 6.50. The van der Waals surface area contributed by atoms with Gasteiger partial charge in [0.1, 0.15) is 11.6 Å². The molecule has 0 atom stereocenters. The number of carbonyl (C=O) groups excluding carboxylic acids is 1. The van der Waals surface area contributed by atoms with Crippen LogP contribution in [0.25, 0.3) is 0 Å². The average Bonchev–Trinajstić information content (AvgIpc) is 3.43. The fourth-order valence-corrected chi connectivity index (χ4v) is 3.89. The maximum Gasteiger partial charge on any atom is 0.228 e. The van der Waals surface area contributed by atoms with Gasteiger partial charge in [-0.25, -0.2) is 0 Å². The normalized spacial score (nSPS) is 18.3. The standard InChI is InChI=1S/C20H28N6O/c1-24(2)14-18-22-23-20(26(18)17-6-7-17)15-8-11-25(12-9-15)19(27)13-16-5-3-4-10-21-16/h3-5,10,15,17H,6-9,11-14H2,1-2H3. The zero-order valence-corrected chi connectivity index (χ0v) is 16.2. The summed E-state index contributed by atoms with van der Waals surface area (Å²) < 4.78 is 2.38. The van der Waals surface area contributed by atoms with Crippen LogP contribution in [0, 0.1) is 0 Å². The van der Waals surface area contributed by atoms with Crippen molar-refractivity contribution >= 4 is 5.91 Å². The highest BCUT2D eigenvalue weighted by molar-refractivity contribution is 5.78. The van der Waals surface area contributed by atoms with E-state index in [-0.39, 0.29) is 5.91 Å². The number of hydrogen-bond acceptors (Lipinski definition) is 5. The molecule has 7 heteroatoms. The van der Waals surface area contributed by atoms with E-state index in [2.05, 4.69) is 38.7 Å². The number of amides is 1. The van der Waals surface area contributed by atoms with E-state index in [9.17, 15) is 4.79 Å². The van der Waals surface area contributed by atoms with Gasteiger partial charge in [0.15, 0.2) is 0 Å². The van der Waals surface area contributed by atoms with Gasteiger partial charge < -0.3 is 14.4 Å². The monoisotopic (exact) mass is 368 g/mol. The minimum atomic E-state index is 0.170. The third-order valence-electron chi connectivity index (χ3n) is 5.43. The lowest BCUT2D eigenvalue weighted by Gasteiger charge is -2.32. The van der Waals surface area contributed by atoms with Crippen LogP contribution in [0.5, 0.6) is 0 Å². The number of aromatic nitrogens is 4. The second kappa shape index (κ2) is 7.76. The van der Waals surface area contributed by atoms with Gasteiger partial charge in [-0.05, 0) is 51.9 Å². The molecule has 7 nitrogen and oxygen atoms in total. The molecule has 0 bridgehead atoms. The van der Waals surface area contributed by atoms with E-state index in [1.807, 2.05) is 23.1 Å². The first-order valence-corrected chi connectivity index (χ1v) is 9.88. The van der Waals surface area contributed by atoms with E-state index in [0.29, 0.717) is 18.4 Å². The molecule has 1 saturated heterocycles. The maximum atomic E-state index is 12.6. The van der Waals surface area contributed by atoms with Gasteiger partial charge in [-0.15, -0.1) is 10.2 Å². The number of nitrogens with zero attached hydrogens (tertiary/aromatic N) is 6. The van der Waals surface area contributed by atoms with E-state index < -0.39 is 0 Å². The number of hydrogen-bond donors (Lipinski definition) is 0. The van der Waals surface area contributed by atoms with Gasteiger partial charge in [-0.2, -0.15) is 0 Å². The quantitative estimate of drug-likeness (QED) is 0.780. The van der Waals surface area contributed by atoms with E-state index in [1.165, 1.54) is 12.8 Å². The first-order chi connectivity index (χ1) is 13.1. The summed E-state index contributed by atoms with van der Waals surface area (Å²) in [5.41, 5.74) is 0.839.